The van der Waals surface area contributed by atoms with E-state index in [2.05, 4.69) is 67.6 Å². The van der Waals surface area contributed by atoms with Crippen molar-refractivity contribution in [1.29, 1.82) is 0 Å². The summed E-state index contributed by atoms with van der Waals surface area (Å²) in [6, 6.07) is 21.0. The number of sulfonamides is 1. The van der Waals surface area contributed by atoms with Crippen LogP contribution in [0.25, 0.3) is 5.69 Å². The van der Waals surface area contributed by atoms with Crippen LogP contribution in [0.2, 0.25) is 0 Å². The quantitative estimate of drug-likeness (QED) is 0.251. The van der Waals surface area contributed by atoms with Crippen molar-refractivity contribution >= 4 is 54.7 Å². The maximum Gasteiger partial charge on any atom is 0.229 e. The summed E-state index contributed by atoms with van der Waals surface area (Å²) < 4.78 is 35.4. The molecule has 1 fully saturated rings. The molecule has 0 saturated carbocycles. The zero-order chi connectivity index (χ0) is 27.9. The maximum atomic E-state index is 12.1. The predicted octanol–water partition coefficient (Wildman–Crippen LogP) is 5.81. The molecule has 0 spiro atoms. The minimum atomic E-state index is -3.54. The molecule has 8 nitrogen and oxygen atoms in total. The molecule has 2 aromatic heterocycles. The molecular formula is C28H28BrN5O3S2. The van der Waals surface area contributed by atoms with Crippen molar-refractivity contribution in [3.8, 4) is 11.4 Å². The summed E-state index contributed by atoms with van der Waals surface area (Å²) in [5, 5.41) is 3.99. The molecule has 0 bridgehead atoms. The topological polar surface area (TPSA) is 88.5 Å². The van der Waals surface area contributed by atoms with Crippen molar-refractivity contribution in [3.05, 3.63) is 100 Å². The summed E-state index contributed by atoms with van der Waals surface area (Å²) in [4.78, 5) is 6.67. The standard InChI is InChI=1S/C28H28BrN5O3S2/c1-17-14-22(18(2)33(17)20-9-7-8-19(29)15-20)27-26(23-10-5-6-13-30-23)31-28(38)34(27)21-11-12-25(37-3)24(16-21)32-39(4,35)36/h5-16,26-27,32H,1-4H3,(H,31,38)/t26-,27-/m1/s1. The van der Waals surface area contributed by atoms with E-state index in [9.17, 15) is 8.42 Å². The molecule has 202 valence electrons. The lowest BCUT2D eigenvalue weighted by atomic mass is 9.96. The molecule has 1 aliphatic rings. The number of aryl methyl sites for hydroxylation is 1. The Hall–Kier alpha value is -3.41. The van der Waals surface area contributed by atoms with Crippen molar-refractivity contribution < 1.29 is 13.2 Å². The van der Waals surface area contributed by atoms with Gasteiger partial charge in [0.05, 0.1) is 36.8 Å². The Labute approximate surface area is 242 Å². The van der Waals surface area contributed by atoms with E-state index in [1.165, 1.54) is 7.11 Å². The number of nitrogens with one attached hydrogen (secondary N) is 2. The molecule has 0 unspecified atom stereocenters. The molecule has 3 heterocycles. The third-order valence-electron chi connectivity index (χ3n) is 6.71. The van der Waals surface area contributed by atoms with Gasteiger partial charge in [0.15, 0.2) is 5.11 Å². The number of hydrogen-bond acceptors (Lipinski definition) is 5. The van der Waals surface area contributed by atoms with Crippen LogP contribution in [0.3, 0.4) is 0 Å². The smallest absolute Gasteiger partial charge is 0.229 e. The third kappa shape index (κ3) is 5.39. The van der Waals surface area contributed by atoms with Crippen molar-refractivity contribution in [2.75, 3.05) is 23.0 Å². The van der Waals surface area contributed by atoms with E-state index < -0.39 is 10.0 Å². The number of benzene rings is 2. The molecule has 0 amide bonds. The highest BCUT2D eigenvalue weighted by molar-refractivity contribution is 9.10. The van der Waals surface area contributed by atoms with E-state index >= 15 is 0 Å². The first-order chi connectivity index (χ1) is 18.6. The Bertz CT molecular complexity index is 1660. The van der Waals surface area contributed by atoms with Crippen LogP contribution >= 0.6 is 28.1 Å². The summed E-state index contributed by atoms with van der Waals surface area (Å²) in [6.45, 7) is 4.18. The van der Waals surface area contributed by atoms with Crippen molar-refractivity contribution in [1.82, 2.24) is 14.9 Å². The van der Waals surface area contributed by atoms with Crippen molar-refractivity contribution in [3.63, 3.8) is 0 Å². The van der Waals surface area contributed by atoms with E-state index in [0.717, 1.165) is 44.7 Å². The van der Waals surface area contributed by atoms with Gasteiger partial charge in [-0.2, -0.15) is 0 Å². The largest absolute Gasteiger partial charge is 0.495 e. The predicted molar refractivity (Wildman–Crippen MR) is 162 cm³/mol. The number of ether oxygens (including phenoxy) is 1. The van der Waals surface area contributed by atoms with Gasteiger partial charge in [-0.15, -0.1) is 0 Å². The van der Waals surface area contributed by atoms with Crippen LogP contribution in [-0.4, -0.2) is 36.4 Å². The minimum Gasteiger partial charge on any atom is -0.495 e. The lowest BCUT2D eigenvalue weighted by Crippen LogP contribution is -2.29. The van der Waals surface area contributed by atoms with Crippen molar-refractivity contribution in [2.45, 2.75) is 25.9 Å². The molecule has 39 heavy (non-hydrogen) atoms. The van der Waals surface area contributed by atoms with Crippen LogP contribution in [0.5, 0.6) is 5.75 Å². The average Bonchev–Trinajstić information content (AvgIpc) is 3.38. The number of nitrogens with zero attached hydrogens (tertiary/aromatic N) is 3. The Balaban J connectivity index is 1.69. The fraction of sp³-hybridized carbons (Fsp3) is 0.214. The third-order valence-corrected chi connectivity index (χ3v) is 8.11. The van der Waals surface area contributed by atoms with Crippen LogP contribution in [0.15, 0.2) is 77.4 Å². The van der Waals surface area contributed by atoms with Gasteiger partial charge >= 0.3 is 0 Å². The maximum absolute atomic E-state index is 12.1. The number of anilines is 2. The van der Waals surface area contributed by atoms with E-state index in [1.807, 2.05) is 41.3 Å². The molecule has 2 aromatic carbocycles. The molecule has 1 aliphatic heterocycles. The second-order valence-electron chi connectivity index (χ2n) is 9.40. The number of hydrogen-bond donors (Lipinski definition) is 2. The van der Waals surface area contributed by atoms with E-state index in [0.29, 0.717) is 16.5 Å². The number of halogens is 1. The first-order valence-corrected chi connectivity index (χ1v) is 15.3. The van der Waals surface area contributed by atoms with Crippen LogP contribution in [0.4, 0.5) is 11.4 Å². The molecule has 1 saturated heterocycles. The lowest BCUT2D eigenvalue weighted by molar-refractivity contribution is 0.417. The number of methoxy groups -OCH3 is 1. The van der Waals surface area contributed by atoms with Crippen LogP contribution in [0.1, 0.15) is 34.7 Å². The number of rotatable bonds is 7. The Morgan fingerprint density at radius 3 is 2.51 bits per heavy atom. The van der Waals surface area contributed by atoms with Gasteiger partial charge in [0, 0.05) is 33.4 Å². The molecule has 0 radical (unpaired) electrons. The Morgan fingerprint density at radius 1 is 1.05 bits per heavy atom. The molecule has 4 aromatic rings. The van der Waals surface area contributed by atoms with Gasteiger partial charge in [-0.25, -0.2) is 8.42 Å². The zero-order valence-electron chi connectivity index (χ0n) is 21.8. The zero-order valence-corrected chi connectivity index (χ0v) is 25.1. The van der Waals surface area contributed by atoms with E-state index in [-0.39, 0.29) is 12.1 Å². The van der Waals surface area contributed by atoms with Gasteiger partial charge in [0.1, 0.15) is 5.75 Å². The van der Waals surface area contributed by atoms with Gasteiger partial charge in [-0.1, -0.05) is 28.1 Å². The van der Waals surface area contributed by atoms with Crippen LogP contribution in [0, 0.1) is 13.8 Å². The van der Waals surface area contributed by atoms with Crippen LogP contribution in [-0.2, 0) is 10.0 Å². The summed E-state index contributed by atoms with van der Waals surface area (Å²) in [5.41, 5.74) is 6.16. The highest BCUT2D eigenvalue weighted by Crippen LogP contribution is 2.45. The first kappa shape index (κ1) is 27.2. The average molecular weight is 627 g/mol. The molecule has 11 heteroatoms. The van der Waals surface area contributed by atoms with Gasteiger partial charge in [0.25, 0.3) is 0 Å². The second kappa shape index (κ2) is 10.6. The van der Waals surface area contributed by atoms with E-state index in [1.54, 1.807) is 18.3 Å². The molecule has 2 N–H and O–H groups in total. The molecule has 5 rings (SSSR count). The van der Waals surface area contributed by atoms with Gasteiger partial charge in [-0.05, 0) is 86.2 Å². The SMILES string of the molecule is COc1ccc(N2C(=S)N[C@H](c3ccccn3)[C@H]2c2cc(C)n(-c3cccc(Br)c3)c2C)cc1NS(C)(=O)=O. The fourth-order valence-electron chi connectivity index (χ4n) is 5.17. The molecule has 0 aliphatic carbocycles. The summed E-state index contributed by atoms with van der Waals surface area (Å²) >= 11 is 9.48. The Morgan fingerprint density at radius 2 is 1.85 bits per heavy atom. The second-order valence-corrected chi connectivity index (χ2v) is 12.4. The highest BCUT2D eigenvalue weighted by atomic mass is 79.9. The normalized spacial score (nSPS) is 17.3. The Kier molecular flexibility index (Phi) is 7.41. The molecular weight excluding hydrogens is 598 g/mol. The number of thiocarbonyl (C=S) groups is 1. The number of aromatic nitrogens is 2. The highest BCUT2D eigenvalue weighted by Gasteiger charge is 2.42. The minimum absolute atomic E-state index is 0.247. The summed E-state index contributed by atoms with van der Waals surface area (Å²) in [7, 11) is -2.04. The van der Waals surface area contributed by atoms with Crippen molar-refractivity contribution in [2.24, 2.45) is 0 Å². The van der Waals surface area contributed by atoms with E-state index in [4.69, 9.17) is 17.0 Å². The van der Waals surface area contributed by atoms with Gasteiger partial charge in [0.2, 0.25) is 10.0 Å². The monoisotopic (exact) mass is 625 g/mol. The van der Waals surface area contributed by atoms with Crippen LogP contribution < -0.4 is 19.7 Å². The summed E-state index contributed by atoms with van der Waals surface area (Å²) in [6.07, 6.45) is 2.88. The lowest BCUT2D eigenvalue weighted by Gasteiger charge is -2.29. The number of pyridine rings is 1. The first-order valence-electron chi connectivity index (χ1n) is 12.2. The fourth-order valence-corrected chi connectivity index (χ4v) is 6.47. The van der Waals surface area contributed by atoms with Gasteiger partial charge < -0.3 is 19.5 Å². The van der Waals surface area contributed by atoms with Gasteiger partial charge in [-0.3, -0.25) is 9.71 Å². The summed E-state index contributed by atoms with van der Waals surface area (Å²) in [5.74, 6) is 0.410. The molecule has 2 atom stereocenters.